The lowest BCUT2D eigenvalue weighted by Gasteiger charge is -2.29. The highest BCUT2D eigenvalue weighted by Crippen LogP contribution is 2.38. The van der Waals surface area contributed by atoms with Gasteiger partial charge in [-0.2, -0.15) is 0 Å². The van der Waals surface area contributed by atoms with Crippen molar-refractivity contribution < 1.29 is 19.5 Å². The molecule has 2 saturated carbocycles. The minimum Gasteiger partial charge on any atom is -0.487 e. The first-order valence-electron chi connectivity index (χ1n) is 13.2. The molecule has 1 unspecified atom stereocenters. The summed E-state index contributed by atoms with van der Waals surface area (Å²) in [6.07, 6.45) is 8.60. The molecule has 1 atom stereocenters. The Labute approximate surface area is 212 Å². The Kier molecular flexibility index (Phi) is 7.79. The van der Waals surface area contributed by atoms with Gasteiger partial charge in [0.1, 0.15) is 12.4 Å². The van der Waals surface area contributed by atoms with Crippen molar-refractivity contribution in [2.45, 2.75) is 70.5 Å². The van der Waals surface area contributed by atoms with Gasteiger partial charge in [-0.25, -0.2) is 4.98 Å². The van der Waals surface area contributed by atoms with Crippen molar-refractivity contribution in [3.05, 3.63) is 71.9 Å². The summed E-state index contributed by atoms with van der Waals surface area (Å²) in [5.41, 5.74) is 3.96. The van der Waals surface area contributed by atoms with E-state index in [1.54, 1.807) is 0 Å². The third kappa shape index (κ3) is 6.04. The van der Waals surface area contributed by atoms with Crippen LogP contribution in [-0.2, 0) is 16.2 Å². The third-order valence-corrected chi connectivity index (χ3v) is 7.54. The molecule has 36 heavy (non-hydrogen) atoms. The Morgan fingerprint density at radius 3 is 2.44 bits per heavy atom. The van der Waals surface area contributed by atoms with Crippen LogP contribution in [0.5, 0.6) is 5.75 Å². The molecular weight excluding hydrogens is 452 g/mol. The van der Waals surface area contributed by atoms with Crippen LogP contribution in [0.1, 0.15) is 75.1 Å². The summed E-state index contributed by atoms with van der Waals surface area (Å²) in [4.78, 5) is 22.1. The van der Waals surface area contributed by atoms with Crippen molar-refractivity contribution in [1.29, 1.82) is 0 Å². The maximum absolute atomic E-state index is 11.2. The zero-order valence-corrected chi connectivity index (χ0v) is 20.6. The summed E-state index contributed by atoms with van der Waals surface area (Å²) in [7, 11) is 0. The second-order valence-electron chi connectivity index (χ2n) is 10.0. The summed E-state index contributed by atoms with van der Waals surface area (Å²) in [6, 6.07) is 20.3. The molecule has 0 saturated heterocycles. The number of para-hydroxylation sites is 1. The number of carbonyl (C=O) groups is 1. The van der Waals surface area contributed by atoms with Gasteiger partial charge in [0, 0.05) is 11.3 Å². The van der Waals surface area contributed by atoms with E-state index in [0.717, 1.165) is 46.5 Å². The molecule has 2 aromatic carbocycles. The smallest absolute Gasteiger partial charge is 0.306 e. The number of hydrogen-bond acceptors (Lipinski definition) is 5. The molecule has 0 radical (unpaired) electrons. The van der Waals surface area contributed by atoms with Gasteiger partial charge >= 0.3 is 5.97 Å². The minimum atomic E-state index is -0.700. The van der Waals surface area contributed by atoms with E-state index < -0.39 is 5.97 Å². The number of carboxylic acid groups (broad SMARTS) is 1. The summed E-state index contributed by atoms with van der Waals surface area (Å²) in [5.74, 6) is 0.283. The fourth-order valence-corrected chi connectivity index (χ4v) is 5.38. The highest BCUT2D eigenvalue weighted by Gasteiger charge is 2.28. The van der Waals surface area contributed by atoms with Crippen molar-refractivity contribution in [1.82, 2.24) is 4.98 Å². The molecule has 1 N–H and O–H groups in total. The van der Waals surface area contributed by atoms with Crippen LogP contribution in [0.25, 0.3) is 10.9 Å². The fourth-order valence-electron chi connectivity index (χ4n) is 5.38. The first-order chi connectivity index (χ1) is 17.7. The lowest BCUT2D eigenvalue weighted by molar-refractivity contribution is -0.142. The van der Waals surface area contributed by atoms with Crippen LogP contribution >= 0.6 is 0 Å². The number of pyridine rings is 1. The quantitative estimate of drug-likeness (QED) is 0.344. The molecule has 1 aromatic heterocycles. The van der Waals surface area contributed by atoms with Crippen molar-refractivity contribution >= 4 is 22.6 Å². The van der Waals surface area contributed by atoms with E-state index in [4.69, 9.17) is 9.57 Å². The molecule has 2 aliphatic rings. The van der Waals surface area contributed by atoms with Crippen LogP contribution in [0, 0.1) is 11.8 Å². The molecule has 3 aromatic rings. The monoisotopic (exact) mass is 486 g/mol. The van der Waals surface area contributed by atoms with E-state index in [9.17, 15) is 9.90 Å². The van der Waals surface area contributed by atoms with Crippen LogP contribution in [0.2, 0.25) is 0 Å². The Morgan fingerprint density at radius 1 is 0.944 bits per heavy atom. The molecule has 1 heterocycles. The third-order valence-electron chi connectivity index (χ3n) is 7.54. The van der Waals surface area contributed by atoms with E-state index in [2.05, 4.69) is 34.4 Å². The number of fused-ring (bicyclic) bond motifs is 1. The van der Waals surface area contributed by atoms with Gasteiger partial charge in [0.15, 0.2) is 6.10 Å². The van der Waals surface area contributed by atoms with Crippen LogP contribution < -0.4 is 4.74 Å². The molecule has 0 bridgehead atoms. The lowest BCUT2D eigenvalue weighted by Crippen LogP contribution is -2.22. The van der Waals surface area contributed by atoms with Gasteiger partial charge in [-0.1, -0.05) is 60.8 Å². The average Bonchev–Trinajstić information content (AvgIpc) is 2.93. The summed E-state index contributed by atoms with van der Waals surface area (Å²) in [6.45, 7) is 0.414. The molecule has 0 amide bonds. The summed E-state index contributed by atoms with van der Waals surface area (Å²) < 4.78 is 6.03. The largest absolute Gasteiger partial charge is 0.487 e. The lowest BCUT2D eigenvalue weighted by atomic mass is 9.82. The summed E-state index contributed by atoms with van der Waals surface area (Å²) >= 11 is 0. The van der Waals surface area contributed by atoms with E-state index in [1.807, 2.05) is 36.4 Å². The number of benzene rings is 2. The molecule has 0 aliphatic heterocycles. The van der Waals surface area contributed by atoms with Crippen LogP contribution in [0.15, 0.2) is 65.8 Å². The number of rotatable bonds is 8. The zero-order chi connectivity index (χ0) is 24.7. The van der Waals surface area contributed by atoms with Crippen molar-refractivity contribution in [2.75, 3.05) is 0 Å². The second-order valence-corrected chi connectivity index (χ2v) is 10.0. The van der Waals surface area contributed by atoms with E-state index in [0.29, 0.717) is 38.2 Å². The maximum atomic E-state index is 11.2. The van der Waals surface area contributed by atoms with Gasteiger partial charge < -0.3 is 14.7 Å². The molecule has 5 rings (SSSR count). The average molecular weight is 487 g/mol. The van der Waals surface area contributed by atoms with Gasteiger partial charge in [-0.15, -0.1) is 0 Å². The van der Waals surface area contributed by atoms with E-state index in [-0.39, 0.29) is 12.0 Å². The topological polar surface area (TPSA) is 81.0 Å². The number of aliphatic carboxylic acids is 1. The van der Waals surface area contributed by atoms with Gasteiger partial charge in [0.05, 0.1) is 22.8 Å². The number of oxime groups is 1. The predicted molar refractivity (Wildman–Crippen MR) is 140 cm³/mol. The maximum Gasteiger partial charge on any atom is 0.306 e. The van der Waals surface area contributed by atoms with Crippen LogP contribution in [0.3, 0.4) is 0 Å². The van der Waals surface area contributed by atoms with Gasteiger partial charge in [-0.05, 0) is 68.4 Å². The van der Waals surface area contributed by atoms with Gasteiger partial charge in [0.2, 0.25) is 0 Å². The molecular formula is C30H34N2O4. The van der Waals surface area contributed by atoms with E-state index in [1.165, 1.54) is 19.3 Å². The predicted octanol–water partition coefficient (Wildman–Crippen LogP) is 7.08. The van der Waals surface area contributed by atoms with Gasteiger partial charge in [-0.3, -0.25) is 4.79 Å². The van der Waals surface area contributed by atoms with Crippen LogP contribution in [0.4, 0.5) is 0 Å². The number of aromatic nitrogens is 1. The fraction of sp³-hybridized carbons (Fsp3) is 0.433. The van der Waals surface area contributed by atoms with Gasteiger partial charge in [0.25, 0.3) is 0 Å². The van der Waals surface area contributed by atoms with Crippen molar-refractivity contribution in [3.8, 4) is 5.75 Å². The van der Waals surface area contributed by atoms with Crippen LogP contribution in [-0.4, -0.2) is 21.8 Å². The normalized spacial score (nSPS) is 19.6. The SMILES string of the molecule is O=C(O)C1CCC(=NOC(c2ccc(OCc3ccc4ccccc4n3)cc2)C2CCCCC2)CC1. The first-order valence-corrected chi connectivity index (χ1v) is 13.2. The van der Waals surface area contributed by atoms with Crippen molar-refractivity contribution in [3.63, 3.8) is 0 Å². The highest BCUT2D eigenvalue weighted by atomic mass is 16.6. The minimum absolute atomic E-state index is 0.0915. The second kappa shape index (κ2) is 11.5. The zero-order valence-electron chi connectivity index (χ0n) is 20.6. The van der Waals surface area contributed by atoms with Crippen molar-refractivity contribution in [2.24, 2.45) is 17.0 Å². The highest BCUT2D eigenvalue weighted by molar-refractivity contribution is 5.86. The molecule has 2 aliphatic carbocycles. The van der Waals surface area contributed by atoms with E-state index >= 15 is 0 Å². The molecule has 6 heteroatoms. The molecule has 6 nitrogen and oxygen atoms in total. The molecule has 2 fully saturated rings. The number of nitrogens with zero attached hydrogens (tertiary/aromatic N) is 2. The Hall–Kier alpha value is -3.41. The number of carboxylic acids is 1. The molecule has 0 spiro atoms. The Bertz CT molecular complexity index is 1190. The summed E-state index contributed by atoms with van der Waals surface area (Å²) in [5, 5.41) is 14.9. The Balaban J connectivity index is 1.24. The first kappa shape index (κ1) is 24.3. The Morgan fingerprint density at radius 2 is 1.69 bits per heavy atom. The molecule has 188 valence electrons. The standard InChI is InChI=1S/C30H34N2O4/c33-30(34)24-11-15-25(16-12-24)32-36-29(22-7-2-1-3-8-22)23-13-18-27(19-14-23)35-20-26-17-10-21-6-4-5-9-28(21)31-26/h4-6,9-10,13-14,17-19,22,24,29H,1-3,7-8,11-12,15-16,20H2,(H,33,34). The number of ether oxygens (including phenoxy) is 1. The number of hydrogen-bond donors (Lipinski definition) is 1.